The van der Waals surface area contributed by atoms with Gasteiger partial charge in [0.05, 0.1) is 11.5 Å². The van der Waals surface area contributed by atoms with E-state index in [1.807, 2.05) is 18.2 Å². The molecule has 2 heterocycles. The Balaban J connectivity index is 1.25. The van der Waals surface area contributed by atoms with Crippen molar-refractivity contribution in [2.45, 2.75) is 64.1 Å². The molecular formula is C27H35NO3. The highest BCUT2D eigenvalue weighted by Gasteiger charge is 2.51. The third kappa shape index (κ3) is 4.01. The quantitative estimate of drug-likeness (QED) is 0.737. The second-order valence-electron chi connectivity index (χ2n) is 10.6. The molecule has 5 rings (SSSR count). The van der Waals surface area contributed by atoms with Gasteiger partial charge in [0, 0.05) is 32.0 Å². The zero-order chi connectivity index (χ0) is 21.6. The van der Waals surface area contributed by atoms with E-state index in [0.717, 1.165) is 51.7 Å². The molecule has 4 aliphatic rings. The number of ether oxygens (including phenoxy) is 1. The molecule has 4 nitrogen and oxygen atoms in total. The summed E-state index contributed by atoms with van der Waals surface area (Å²) in [5, 5.41) is 11.1. The van der Waals surface area contributed by atoms with E-state index < -0.39 is 5.60 Å². The lowest BCUT2D eigenvalue weighted by molar-refractivity contribution is -0.145. The number of carbonyl (C=O) groups excluding carboxylic acids is 1. The highest BCUT2D eigenvalue weighted by Crippen LogP contribution is 2.52. The predicted octanol–water partition coefficient (Wildman–Crippen LogP) is 4.29. The monoisotopic (exact) mass is 421 g/mol. The number of hydrogen-bond donors (Lipinski definition) is 1. The van der Waals surface area contributed by atoms with Gasteiger partial charge in [-0.2, -0.15) is 0 Å². The Morgan fingerprint density at radius 3 is 2.65 bits per heavy atom. The van der Waals surface area contributed by atoms with Gasteiger partial charge in [0.1, 0.15) is 6.10 Å². The molecule has 2 fully saturated rings. The van der Waals surface area contributed by atoms with Gasteiger partial charge < -0.3 is 14.7 Å². The Hall–Kier alpha value is -1.91. The third-order valence-corrected chi connectivity index (χ3v) is 8.31. The molecule has 0 aromatic heterocycles. The van der Waals surface area contributed by atoms with Crippen LogP contribution < -0.4 is 0 Å². The molecule has 0 saturated carbocycles. The topological polar surface area (TPSA) is 49.8 Å². The molecular weight excluding hydrogens is 386 g/mol. The molecule has 1 aromatic carbocycles. The average Bonchev–Trinajstić information content (AvgIpc) is 3.02. The fourth-order valence-corrected chi connectivity index (χ4v) is 6.42. The van der Waals surface area contributed by atoms with Crippen LogP contribution in [0.25, 0.3) is 0 Å². The van der Waals surface area contributed by atoms with Crippen molar-refractivity contribution in [1.82, 2.24) is 4.90 Å². The van der Waals surface area contributed by atoms with Crippen LogP contribution in [0.5, 0.6) is 0 Å². The van der Waals surface area contributed by atoms with E-state index >= 15 is 0 Å². The van der Waals surface area contributed by atoms with Crippen molar-refractivity contribution < 1.29 is 14.6 Å². The largest absolute Gasteiger partial charge is 0.461 e. The maximum atomic E-state index is 12.8. The lowest BCUT2D eigenvalue weighted by atomic mass is 9.62. The molecule has 0 amide bonds. The highest BCUT2D eigenvalue weighted by molar-refractivity contribution is 5.76. The van der Waals surface area contributed by atoms with E-state index in [-0.39, 0.29) is 29.3 Å². The zero-order valence-electron chi connectivity index (χ0n) is 18.8. The number of hydrogen-bond acceptors (Lipinski definition) is 4. The molecule has 4 atom stereocenters. The number of aliphatic hydroxyl groups is 1. The van der Waals surface area contributed by atoms with Crippen molar-refractivity contribution in [3.05, 3.63) is 59.2 Å². The Labute approximate surface area is 186 Å². The van der Waals surface area contributed by atoms with Crippen LogP contribution in [0, 0.1) is 17.3 Å². The van der Waals surface area contributed by atoms with Gasteiger partial charge in [-0.15, -0.1) is 0 Å². The van der Waals surface area contributed by atoms with Crippen LogP contribution in [0.3, 0.4) is 0 Å². The van der Waals surface area contributed by atoms with E-state index in [4.69, 9.17) is 4.74 Å². The number of nitrogens with zero attached hydrogens (tertiary/aromatic N) is 1. The summed E-state index contributed by atoms with van der Waals surface area (Å²) in [5.74, 6) is 0.0695. The molecule has 2 aliphatic carbocycles. The number of esters is 1. The summed E-state index contributed by atoms with van der Waals surface area (Å²) in [5.41, 5.74) is 3.52. The molecule has 0 bridgehead atoms. The maximum absolute atomic E-state index is 12.8. The summed E-state index contributed by atoms with van der Waals surface area (Å²) >= 11 is 0. The molecule has 4 heteroatoms. The number of carbonyl (C=O) groups is 1. The van der Waals surface area contributed by atoms with Crippen molar-refractivity contribution in [3.8, 4) is 0 Å². The van der Waals surface area contributed by atoms with E-state index in [1.165, 1.54) is 16.7 Å². The Kier molecular flexibility index (Phi) is 5.34. The van der Waals surface area contributed by atoms with Crippen LogP contribution in [0.2, 0.25) is 0 Å². The normalized spacial score (nSPS) is 34.9. The van der Waals surface area contributed by atoms with Crippen LogP contribution in [-0.4, -0.2) is 47.3 Å². The Morgan fingerprint density at radius 2 is 1.90 bits per heavy atom. The molecule has 0 unspecified atom stereocenters. The highest BCUT2D eigenvalue weighted by atomic mass is 16.6. The molecule has 166 valence electrons. The van der Waals surface area contributed by atoms with Gasteiger partial charge in [-0.25, -0.2) is 0 Å². The Bertz CT molecular complexity index is 896. The minimum atomic E-state index is -0.644. The standard InChI is InChI=1S/C27H35NO3/c1-19-7-6-10-26(2)17-24-21(15-23(19)26)22(25(29)31-24)18-28-13-11-27(30,12-14-28)16-20-8-4-3-5-9-20/h3-5,7-9,15,21-22,24,30H,6,10-14,16-18H2,1-2H3/t21-,22+,24-,26-/m1/s1. The molecule has 31 heavy (non-hydrogen) atoms. The van der Waals surface area contributed by atoms with Crippen LogP contribution in [0.1, 0.15) is 51.5 Å². The van der Waals surface area contributed by atoms with E-state index in [2.05, 4.69) is 43.0 Å². The van der Waals surface area contributed by atoms with Crippen molar-refractivity contribution >= 4 is 5.97 Å². The number of rotatable bonds is 4. The smallest absolute Gasteiger partial charge is 0.311 e. The summed E-state index contributed by atoms with van der Waals surface area (Å²) in [4.78, 5) is 15.2. The van der Waals surface area contributed by atoms with Crippen molar-refractivity contribution in [1.29, 1.82) is 0 Å². The number of allylic oxidation sites excluding steroid dienone is 3. The first-order valence-corrected chi connectivity index (χ1v) is 11.9. The second-order valence-corrected chi connectivity index (χ2v) is 10.6. The van der Waals surface area contributed by atoms with Crippen molar-refractivity contribution in [2.24, 2.45) is 17.3 Å². The predicted molar refractivity (Wildman–Crippen MR) is 121 cm³/mol. The van der Waals surface area contributed by atoms with Gasteiger partial charge in [-0.3, -0.25) is 4.79 Å². The van der Waals surface area contributed by atoms with Crippen LogP contribution >= 0.6 is 0 Å². The van der Waals surface area contributed by atoms with Gasteiger partial charge in [0.15, 0.2) is 0 Å². The first-order chi connectivity index (χ1) is 14.9. The first-order valence-electron chi connectivity index (χ1n) is 11.9. The summed E-state index contributed by atoms with van der Waals surface area (Å²) in [6.45, 7) is 6.96. The number of piperidine rings is 1. The molecule has 0 spiro atoms. The summed E-state index contributed by atoms with van der Waals surface area (Å²) < 4.78 is 5.91. The zero-order valence-corrected chi connectivity index (χ0v) is 18.8. The van der Waals surface area contributed by atoms with Gasteiger partial charge in [-0.05, 0) is 55.6 Å². The van der Waals surface area contributed by atoms with Crippen LogP contribution in [0.15, 0.2) is 53.6 Å². The van der Waals surface area contributed by atoms with Crippen LogP contribution in [0.4, 0.5) is 0 Å². The van der Waals surface area contributed by atoms with Gasteiger partial charge >= 0.3 is 5.97 Å². The van der Waals surface area contributed by atoms with Gasteiger partial charge in [0.25, 0.3) is 0 Å². The minimum Gasteiger partial charge on any atom is -0.461 e. The summed E-state index contributed by atoms with van der Waals surface area (Å²) in [7, 11) is 0. The second kappa shape index (κ2) is 7.90. The molecule has 2 aliphatic heterocycles. The van der Waals surface area contributed by atoms with Gasteiger partial charge in [-0.1, -0.05) is 55.0 Å². The molecule has 0 radical (unpaired) electrons. The lowest BCUT2D eigenvalue weighted by Crippen LogP contribution is -2.48. The molecule has 1 aromatic rings. The summed E-state index contributed by atoms with van der Waals surface area (Å²) in [6.07, 6.45) is 10.2. The SMILES string of the molecule is CC1=CCC[C@]2(C)C[C@H]3OC(=O)[C@@H](CN4CCC(O)(Cc5ccccc5)CC4)[C@H]3C=C12. The third-order valence-electron chi connectivity index (χ3n) is 8.31. The lowest BCUT2D eigenvalue weighted by Gasteiger charge is -2.43. The van der Waals surface area contributed by atoms with E-state index in [0.29, 0.717) is 6.42 Å². The Morgan fingerprint density at radius 1 is 1.16 bits per heavy atom. The number of fused-ring (bicyclic) bond motifs is 2. The minimum absolute atomic E-state index is 0.0250. The molecule has 1 N–H and O–H groups in total. The fourth-order valence-electron chi connectivity index (χ4n) is 6.42. The summed E-state index contributed by atoms with van der Waals surface area (Å²) in [6, 6.07) is 10.2. The van der Waals surface area contributed by atoms with Crippen LogP contribution in [-0.2, 0) is 16.0 Å². The number of benzene rings is 1. The van der Waals surface area contributed by atoms with Crippen molar-refractivity contribution in [2.75, 3.05) is 19.6 Å². The number of likely N-dealkylation sites (tertiary alicyclic amines) is 1. The van der Waals surface area contributed by atoms with Crippen molar-refractivity contribution in [3.63, 3.8) is 0 Å². The van der Waals surface area contributed by atoms with Gasteiger partial charge in [0.2, 0.25) is 0 Å². The van der Waals surface area contributed by atoms with E-state index in [1.54, 1.807) is 0 Å². The van der Waals surface area contributed by atoms with E-state index in [9.17, 15) is 9.90 Å². The molecule has 2 saturated heterocycles. The fraction of sp³-hybridized carbons (Fsp3) is 0.593. The first kappa shape index (κ1) is 21.0. The maximum Gasteiger partial charge on any atom is 0.311 e. The average molecular weight is 422 g/mol.